The minimum Gasteiger partial charge on any atom is -0.465 e. The first-order valence-electron chi connectivity index (χ1n) is 15.0. The molecule has 4 rings (SSSR count). The van der Waals surface area contributed by atoms with Gasteiger partial charge in [-0.1, -0.05) is 54.6 Å². The normalized spacial score (nSPS) is 11.7. The fraction of sp³-hybridized carbons (Fsp3) is 0.265. The fourth-order valence-electron chi connectivity index (χ4n) is 4.85. The first-order chi connectivity index (χ1) is 22.9. The molecule has 1 heterocycles. The van der Waals surface area contributed by atoms with Crippen molar-refractivity contribution in [3.8, 4) is 0 Å². The number of anilines is 2. The van der Waals surface area contributed by atoms with Crippen LogP contribution in [0.3, 0.4) is 0 Å². The number of carbonyl (C=O) groups excluding carboxylic acids is 3. The lowest BCUT2D eigenvalue weighted by Crippen LogP contribution is -2.27. The van der Waals surface area contributed by atoms with Crippen LogP contribution in [0.15, 0.2) is 88.4 Å². The second-order valence-electron chi connectivity index (χ2n) is 11.0. The molecule has 15 heteroatoms. The molecule has 4 aromatic rings. The minimum atomic E-state index is -3.93. The van der Waals surface area contributed by atoms with Crippen molar-refractivity contribution in [2.45, 2.75) is 38.1 Å². The number of nitrogen functional groups attached to an aromatic ring is 1. The SMILES string of the molecule is CC(=C(CCOC(=O)CCNS(=O)(=O)c1cccc2c(N(C)C)cccc12)SC(=O)c1ccccc1)N(C=O)Cc1cnc(C)nc1N.Cl. The topological polar surface area (TPSA) is 165 Å². The standard InChI is InChI=1S/C34H38N6O6S2.ClH/c1-23(40(22-41)21-26-20-36-24(2)38-33(26)35)30(47-34(43)25-10-6-5-7-11-25)17-19-46-32(42)16-18-37-48(44,45)31-15-9-12-27-28(31)13-8-14-29(27)39(3)4;/h5-15,20,22,37H,16-19,21H2,1-4H3,(H2,35,36,38);1H. The van der Waals surface area contributed by atoms with Crippen molar-refractivity contribution < 1.29 is 27.5 Å². The molecule has 12 nitrogen and oxygen atoms in total. The molecule has 49 heavy (non-hydrogen) atoms. The highest BCUT2D eigenvalue weighted by Gasteiger charge is 2.21. The minimum absolute atomic E-state index is 0. The maximum absolute atomic E-state index is 13.2. The van der Waals surface area contributed by atoms with E-state index in [9.17, 15) is 22.8 Å². The van der Waals surface area contributed by atoms with Crippen LogP contribution in [0.1, 0.15) is 41.5 Å². The number of halogens is 1. The number of nitrogens with one attached hydrogen (secondary N) is 1. The summed E-state index contributed by atoms with van der Waals surface area (Å²) in [6.07, 6.45) is 2.08. The van der Waals surface area contributed by atoms with Gasteiger partial charge in [0.25, 0.3) is 0 Å². The van der Waals surface area contributed by atoms with Gasteiger partial charge in [0.2, 0.25) is 21.5 Å². The molecular formula is C34H39ClN6O6S2. The van der Waals surface area contributed by atoms with E-state index >= 15 is 0 Å². The Morgan fingerprint density at radius 2 is 1.69 bits per heavy atom. The number of thioether (sulfide) groups is 1. The summed E-state index contributed by atoms with van der Waals surface area (Å²) in [4.78, 5) is 50.1. The number of aromatic nitrogens is 2. The summed E-state index contributed by atoms with van der Waals surface area (Å²) < 4.78 is 34.3. The molecule has 3 N–H and O–H groups in total. The lowest BCUT2D eigenvalue weighted by Gasteiger charge is -2.22. The van der Waals surface area contributed by atoms with E-state index in [1.165, 1.54) is 11.0 Å². The Kier molecular flexibility index (Phi) is 14.1. The third-order valence-electron chi connectivity index (χ3n) is 7.39. The largest absolute Gasteiger partial charge is 0.465 e. The number of allylic oxidation sites excluding steroid dienone is 1. The van der Waals surface area contributed by atoms with Crippen molar-refractivity contribution in [3.05, 3.63) is 100 Å². The molecule has 0 aliphatic carbocycles. The third-order valence-corrected chi connectivity index (χ3v) is 10.1. The predicted molar refractivity (Wildman–Crippen MR) is 195 cm³/mol. The molecule has 0 atom stereocenters. The van der Waals surface area contributed by atoms with Gasteiger partial charge in [-0.3, -0.25) is 14.4 Å². The second kappa shape index (κ2) is 17.8. The first kappa shape index (κ1) is 38.9. The van der Waals surface area contributed by atoms with Crippen LogP contribution in [0, 0.1) is 6.92 Å². The van der Waals surface area contributed by atoms with Crippen LogP contribution in [-0.2, 0) is 30.9 Å². The smallest absolute Gasteiger partial charge is 0.307 e. The Morgan fingerprint density at radius 1 is 1.00 bits per heavy atom. The van der Waals surface area contributed by atoms with Crippen LogP contribution in [0.25, 0.3) is 10.8 Å². The molecule has 0 aliphatic rings. The number of hydrogen-bond acceptors (Lipinski definition) is 11. The maximum atomic E-state index is 13.2. The molecule has 260 valence electrons. The summed E-state index contributed by atoms with van der Waals surface area (Å²) in [5.74, 6) is 0.103. The van der Waals surface area contributed by atoms with Gasteiger partial charge in [0.15, 0.2) is 0 Å². The number of carbonyl (C=O) groups is 3. The average Bonchev–Trinajstić information content (AvgIpc) is 3.06. The van der Waals surface area contributed by atoms with E-state index in [4.69, 9.17) is 10.5 Å². The number of aryl methyl sites for hydroxylation is 1. The Morgan fingerprint density at radius 3 is 2.37 bits per heavy atom. The third kappa shape index (κ3) is 10.2. The van der Waals surface area contributed by atoms with Gasteiger partial charge in [-0.05, 0) is 37.7 Å². The number of nitrogens with zero attached hydrogens (tertiary/aromatic N) is 4. The molecule has 0 aliphatic heterocycles. The average molecular weight is 727 g/mol. The summed E-state index contributed by atoms with van der Waals surface area (Å²) in [6, 6.07) is 19.2. The lowest BCUT2D eigenvalue weighted by molar-refractivity contribution is -0.143. The van der Waals surface area contributed by atoms with E-state index in [0.717, 1.165) is 22.8 Å². The number of fused-ring (bicyclic) bond motifs is 1. The molecule has 3 aromatic carbocycles. The number of benzene rings is 3. The van der Waals surface area contributed by atoms with Gasteiger partial charge in [-0.15, -0.1) is 12.4 Å². The highest BCUT2D eigenvalue weighted by atomic mass is 35.5. The molecule has 0 spiro atoms. The fourth-order valence-corrected chi connectivity index (χ4v) is 7.03. The summed E-state index contributed by atoms with van der Waals surface area (Å²) in [5.41, 5.74) is 8.39. The first-order valence-corrected chi connectivity index (χ1v) is 17.3. The number of esters is 1. The van der Waals surface area contributed by atoms with Crippen molar-refractivity contribution in [2.75, 3.05) is 37.9 Å². The van der Waals surface area contributed by atoms with Gasteiger partial charge in [0, 0.05) is 71.4 Å². The number of sulfonamides is 1. The molecule has 1 amide bonds. The Hall–Kier alpha value is -4.50. The predicted octanol–water partition coefficient (Wildman–Crippen LogP) is 5.07. The van der Waals surface area contributed by atoms with E-state index in [1.54, 1.807) is 68.6 Å². The maximum Gasteiger partial charge on any atom is 0.307 e. The number of nitrogens with two attached hydrogens (primary N) is 1. The number of hydrogen-bond donors (Lipinski definition) is 2. The quantitative estimate of drug-likeness (QED) is 0.124. The highest BCUT2D eigenvalue weighted by molar-refractivity contribution is 8.17. The Bertz CT molecular complexity index is 1940. The van der Waals surface area contributed by atoms with Gasteiger partial charge in [0.1, 0.15) is 11.6 Å². The molecule has 0 saturated carbocycles. The van der Waals surface area contributed by atoms with Crippen molar-refractivity contribution in [2.24, 2.45) is 0 Å². The van der Waals surface area contributed by atoms with E-state index in [1.807, 2.05) is 31.1 Å². The Labute approximate surface area is 296 Å². The van der Waals surface area contributed by atoms with Crippen molar-refractivity contribution in [3.63, 3.8) is 0 Å². The van der Waals surface area contributed by atoms with Crippen LogP contribution in [0.4, 0.5) is 11.5 Å². The molecule has 1 aromatic heterocycles. The summed E-state index contributed by atoms with van der Waals surface area (Å²) >= 11 is 0.933. The van der Waals surface area contributed by atoms with Gasteiger partial charge in [-0.2, -0.15) is 0 Å². The summed E-state index contributed by atoms with van der Waals surface area (Å²) in [6.45, 7) is 3.18. The monoisotopic (exact) mass is 726 g/mol. The van der Waals surface area contributed by atoms with Gasteiger partial charge in [-0.25, -0.2) is 23.1 Å². The van der Waals surface area contributed by atoms with E-state index in [2.05, 4.69) is 14.7 Å². The number of rotatable bonds is 15. The number of amides is 1. The van der Waals surface area contributed by atoms with E-state index < -0.39 is 16.0 Å². The van der Waals surface area contributed by atoms with Crippen LogP contribution in [0.2, 0.25) is 0 Å². The highest BCUT2D eigenvalue weighted by Crippen LogP contribution is 2.31. The number of ether oxygens (including phenoxy) is 1. The summed E-state index contributed by atoms with van der Waals surface area (Å²) in [5, 5.41) is 1.11. The van der Waals surface area contributed by atoms with Crippen LogP contribution in [0.5, 0.6) is 0 Å². The zero-order valence-electron chi connectivity index (χ0n) is 27.6. The zero-order valence-corrected chi connectivity index (χ0v) is 30.0. The van der Waals surface area contributed by atoms with Crippen molar-refractivity contribution in [1.82, 2.24) is 19.6 Å². The van der Waals surface area contributed by atoms with Crippen LogP contribution in [-0.4, -0.2) is 68.0 Å². The van der Waals surface area contributed by atoms with Crippen molar-refractivity contribution >= 4 is 74.0 Å². The molecule has 0 saturated heterocycles. The molecule has 0 unspecified atom stereocenters. The van der Waals surface area contributed by atoms with Crippen molar-refractivity contribution in [1.29, 1.82) is 0 Å². The molecule has 0 radical (unpaired) electrons. The Balaban J connectivity index is 0.00000650. The molecular weight excluding hydrogens is 688 g/mol. The molecule has 0 bridgehead atoms. The second-order valence-corrected chi connectivity index (χ2v) is 13.8. The van der Waals surface area contributed by atoms with Gasteiger partial charge in [0.05, 0.1) is 24.5 Å². The summed E-state index contributed by atoms with van der Waals surface area (Å²) in [7, 11) is -0.167. The molecule has 0 fully saturated rings. The van der Waals surface area contributed by atoms with Gasteiger partial charge < -0.3 is 20.3 Å². The lowest BCUT2D eigenvalue weighted by atomic mass is 10.1. The van der Waals surface area contributed by atoms with Gasteiger partial charge >= 0.3 is 5.97 Å². The van der Waals surface area contributed by atoms with Crippen LogP contribution < -0.4 is 15.4 Å². The van der Waals surface area contributed by atoms with E-state index in [0.29, 0.717) is 39.3 Å². The van der Waals surface area contributed by atoms with Crippen LogP contribution >= 0.6 is 24.2 Å². The van der Waals surface area contributed by atoms with E-state index in [-0.39, 0.29) is 60.8 Å². The zero-order chi connectivity index (χ0) is 34.8.